The fraction of sp³-hybridized carbons (Fsp3) is 1.00. The van der Waals surface area contributed by atoms with Crippen molar-refractivity contribution in [1.82, 2.24) is 13.9 Å². The minimum Gasteiger partial charge on any atom is -0.318 e. The van der Waals surface area contributed by atoms with Crippen molar-refractivity contribution < 1.29 is 8.42 Å². The summed E-state index contributed by atoms with van der Waals surface area (Å²) < 4.78 is 28.7. The summed E-state index contributed by atoms with van der Waals surface area (Å²) in [7, 11) is -1.35. The number of likely N-dealkylation sites (N-methyl/N-ethyl adjacent to an activating group) is 1. The van der Waals surface area contributed by atoms with Crippen molar-refractivity contribution in [3.05, 3.63) is 0 Å². The van der Waals surface area contributed by atoms with Gasteiger partial charge in [-0.25, -0.2) is 0 Å². The summed E-state index contributed by atoms with van der Waals surface area (Å²) in [5.41, 5.74) is 0. The zero-order valence-corrected chi connectivity index (χ0v) is 12.2. The van der Waals surface area contributed by atoms with Crippen molar-refractivity contribution in [2.45, 2.75) is 38.6 Å². The minimum absolute atomic E-state index is 0.129. The maximum Gasteiger partial charge on any atom is 0.282 e. The van der Waals surface area contributed by atoms with E-state index >= 15 is 0 Å². The van der Waals surface area contributed by atoms with Crippen LogP contribution in [0.4, 0.5) is 0 Å². The van der Waals surface area contributed by atoms with Gasteiger partial charge in [-0.05, 0) is 32.2 Å². The molecule has 1 N–H and O–H groups in total. The van der Waals surface area contributed by atoms with E-state index in [-0.39, 0.29) is 6.04 Å². The maximum atomic E-state index is 12.6. The van der Waals surface area contributed by atoms with Crippen molar-refractivity contribution in [3.8, 4) is 0 Å². The van der Waals surface area contributed by atoms with E-state index in [1.54, 1.807) is 8.61 Å². The second-order valence-corrected chi connectivity index (χ2v) is 7.46. The van der Waals surface area contributed by atoms with E-state index in [0.717, 1.165) is 32.2 Å². The summed E-state index contributed by atoms with van der Waals surface area (Å²) in [6, 6.07) is 0.129. The molecule has 2 fully saturated rings. The van der Waals surface area contributed by atoms with Gasteiger partial charge in [0.1, 0.15) is 0 Å². The van der Waals surface area contributed by atoms with Gasteiger partial charge in [0.25, 0.3) is 10.2 Å². The minimum atomic E-state index is -3.24. The number of nitrogens with zero attached hydrogens (tertiary/aromatic N) is 2. The maximum absolute atomic E-state index is 12.6. The smallest absolute Gasteiger partial charge is 0.282 e. The van der Waals surface area contributed by atoms with Crippen molar-refractivity contribution in [2.75, 3.05) is 33.2 Å². The first-order chi connectivity index (χ1) is 8.55. The van der Waals surface area contributed by atoms with Crippen molar-refractivity contribution >= 4 is 10.2 Å². The summed E-state index contributed by atoms with van der Waals surface area (Å²) in [4.78, 5) is 0. The SMILES string of the molecule is CNCC1CCCCN1S(=O)(=O)N1CCC(C)C1. The Morgan fingerprint density at radius 3 is 2.61 bits per heavy atom. The molecule has 0 aliphatic carbocycles. The molecule has 6 heteroatoms. The van der Waals surface area contributed by atoms with Crippen LogP contribution in [0.25, 0.3) is 0 Å². The van der Waals surface area contributed by atoms with Crippen LogP contribution in [0.5, 0.6) is 0 Å². The molecule has 2 heterocycles. The van der Waals surface area contributed by atoms with E-state index in [4.69, 9.17) is 0 Å². The molecule has 0 aromatic heterocycles. The normalized spacial score (nSPS) is 31.9. The molecule has 0 bridgehead atoms. The average molecular weight is 275 g/mol. The Kier molecular flexibility index (Phi) is 4.64. The summed E-state index contributed by atoms with van der Waals surface area (Å²) in [6.45, 7) is 4.93. The van der Waals surface area contributed by atoms with Gasteiger partial charge >= 0.3 is 0 Å². The largest absolute Gasteiger partial charge is 0.318 e. The van der Waals surface area contributed by atoms with E-state index in [1.807, 2.05) is 7.05 Å². The number of nitrogens with one attached hydrogen (secondary N) is 1. The van der Waals surface area contributed by atoms with Crippen molar-refractivity contribution in [3.63, 3.8) is 0 Å². The molecule has 106 valence electrons. The van der Waals surface area contributed by atoms with Crippen molar-refractivity contribution in [1.29, 1.82) is 0 Å². The molecule has 0 aromatic carbocycles. The third-order valence-corrected chi connectivity index (χ3v) is 6.08. The fourth-order valence-corrected chi connectivity index (χ4v) is 4.96. The van der Waals surface area contributed by atoms with Gasteiger partial charge < -0.3 is 5.32 Å². The van der Waals surface area contributed by atoms with E-state index < -0.39 is 10.2 Å². The standard InChI is InChI=1S/C12H25N3O2S/c1-11-6-8-14(10-11)18(16,17)15-7-4-3-5-12(15)9-13-2/h11-13H,3-10H2,1-2H3. The first-order valence-corrected chi connectivity index (χ1v) is 8.37. The van der Waals surface area contributed by atoms with Crippen LogP contribution in [-0.2, 0) is 10.2 Å². The lowest BCUT2D eigenvalue weighted by Gasteiger charge is -2.37. The summed E-state index contributed by atoms with van der Waals surface area (Å²) in [5.74, 6) is 0.493. The molecule has 2 unspecified atom stereocenters. The summed E-state index contributed by atoms with van der Waals surface area (Å²) >= 11 is 0. The van der Waals surface area contributed by atoms with Gasteiger partial charge in [0, 0.05) is 32.2 Å². The Morgan fingerprint density at radius 1 is 1.22 bits per heavy atom. The average Bonchev–Trinajstić information content (AvgIpc) is 2.78. The Labute approximate surface area is 111 Å². The Morgan fingerprint density at radius 2 is 2.00 bits per heavy atom. The van der Waals surface area contributed by atoms with E-state index in [9.17, 15) is 8.42 Å². The van der Waals surface area contributed by atoms with Crippen LogP contribution in [0, 0.1) is 5.92 Å². The van der Waals surface area contributed by atoms with Crippen molar-refractivity contribution in [2.24, 2.45) is 5.92 Å². The molecule has 2 aliphatic rings. The molecular weight excluding hydrogens is 250 g/mol. The third kappa shape index (κ3) is 2.87. The van der Waals surface area contributed by atoms with Gasteiger partial charge in [-0.15, -0.1) is 0 Å². The van der Waals surface area contributed by atoms with Gasteiger partial charge in [0.2, 0.25) is 0 Å². The Bertz CT molecular complexity index is 370. The molecule has 2 atom stereocenters. The summed E-state index contributed by atoms with van der Waals surface area (Å²) in [5, 5.41) is 3.11. The van der Waals surface area contributed by atoms with Crippen LogP contribution in [0.1, 0.15) is 32.6 Å². The highest BCUT2D eigenvalue weighted by atomic mass is 32.2. The highest BCUT2D eigenvalue weighted by molar-refractivity contribution is 7.86. The molecule has 0 aromatic rings. The zero-order valence-electron chi connectivity index (χ0n) is 11.4. The highest BCUT2D eigenvalue weighted by Gasteiger charge is 2.38. The first-order valence-electron chi connectivity index (χ1n) is 6.97. The van der Waals surface area contributed by atoms with Gasteiger partial charge in [-0.3, -0.25) is 0 Å². The van der Waals surface area contributed by atoms with Crippen LogP contribution >= 0.6 is 0 Å². The van der Waals surface area contributed by atoms with E-state index in [2.05, 4.69) is 12.2 Å². The monoisotopic (exact) mass is 275 g/mol. The quantitative estimate of drug-likeness (QED) is 0.819. The zero-order chi connectivity index (χ0) is 13.2. The van der Waals surface area contributed by atoms with Gasteiger partial charge in [-0.2, -0.15) is 17.0 Å². The van der Waals surface area contributed by atoms with Crippen LogP contribution in [0.15, 0.2) is 0 Å². The lowest BCUT2D eigenvalue weighted by atomic mass is 10.1. The van der Waals surface area contributed by atoms with E-state index in [1.165, 1.54) is 0 Å². The van der Waals surface area contributed by atoms with Gasteiger partial charge in [0.15, 0.2) is 0 Å². The Balaban J connectivity index is 2.11. The summed E-state index contributed by atoms with van der Waals surface area (Å²) in [6.07, 6.45) is 4.09. The second kappa shape index (κ2) is 5.86. The van der Waals surface area contributed by atoms with Crippen LogP contribution < -0.4 is 5.32 Å². The first kappa shape index (κ1) is 14.2. The molecule has 2 aliphatic heterocycles. The second-order valence-electron chi connectivity index (χ2n) is 5.58. The van der Waals surface area contributed by atoms with Gasteiger partial charge in [0.05, 0.1) is 0 Å². The molecular formula is C12H25N3O2S. The number of piperidine rings is 1. The fourth-order valence-electron chi connectivity index (χ4n) is 2.97. The molecule has 0 spiro atoms. The third-order valence-electron chi connectivity index (χ3n) is 4.02. The Hall–Kier alpha value is -0.170. The predicted octanol–water partition coefficient (Wildman–Crippen LogP) is 0.647. The molecule has 2 saturated heterocycles. The molecule has 5 nitrogen and oxygen atoms in total. The lowest BCUT2D eigenvalue weighted by molar-refractivity contribution is 0.232. The van der Waals surface area contributed by atoms with Gasteiger partial charge in [-0.1, -0.05) is 13.3 Å². The predicted molar refractivity (Wildman–Crippen MR) is 72.5 cm³/mol. The topological polar surface area (TPSA) is 52.7 Å². The molecule has 0 saturated carbocycles. The number of hydrogen-bond donors (Lipinski definition) is 1. The number of hydrogen-bond acceptors (Lipinski definition) is 3. The number of rotatable bonds is 4. The molecule has 18 heavy (non-hydrogen) atoms. The highest BCUT2D eigenvalue weighted by Crippen LogP contribution is 2.26. The molecule has 0 radical (unpaired) electrons. The molecule has 0 amide bonds. The van der Waals surface area contributed by atoms with Crippen LogP contribution in [-0.4, -0.2) is 56.3 Å². The van der Waals surface area contributed by atoms with Crippen LogP contribution in [0.3, 0.4) is 0 Å². The molecule has 2 rings (SSSR count). The van der Waals surface area contributed by atoms with Crippen LogP contribution in [0.2, 0.25) is 0 Å². The lowest BCUT2D eigenvalue weighted by Crippen LogP contribution is -2.52. The van der Waals surface area contributed by atoms with E-state index in [0.29, 0.717) is 25.6 Å².